The fourth-order valence-corrected chi connectivity index (χ4v) is 3.36. The van der Waals surface area contributed by atoms with Gasteiger partial charge in [0.25, 0.3) is 0 Å². The standard InChI is InChI=1S/C19H22N2O3/c22-18(11-13-5-1-2-6-13)21-17(19(23)24)12-15-10-9-14-7-3-4-8-16(14)20-15/h3-4,7-10,13,17H,1-2,5-6,11-12H2,(H,21,22)(H,23,24)/t17-/m1/s1. The van der Waals surface area contributed by atoms with Gasteiger partial charge in [-0.1, -0.05) is 37.1 Å². The van der Waals surface area contributed by atoms with E-state index in [1.165, 1.54) is 12.8 Å². The van der Waals surface area contributed by atoms with Gasteiger partial charge in [-0.05, 0) is 30.9 Å². The third-order valence-electron chi connectivity index (χ3n) is 4.65. The van der Waals surface area contributed by atoms with Gasteiger partial charge in [0.15, 0.2) is 0 Å². The molecule has 3 rings (SSSR count). The van der Waals surface area contributed by atoms with Crippen LogP contribution in [0.25, 0.3) is 10.9 Å². The lowest BCUT2D eigenvalue weighted by atomic mass is 10.0. The third kappa shape index (κ3) is 4.10. The average Bonchev–Trinajstić information content (AvgIpc) is 3.07. The molecule has 5 nitrogen and oxygen atoms in total. The molecule has 1 aliphatic carbocycles. The van der Waals surface area contributed by atoms with Crippen LogP contribution >= 0.6 is 0 Å². The molecule has 1 atom stereocenters. The predicted molar refractivity (Wildman–Crippen MR) is 91.6 cm³/mol. The summed E-state index contributed by atoms with van der Waals surface area (Å²) in [6, 6.07) is 10.5. The van der Waals surface area contributed by atoms with E-state index < -0.39 is 12.0 Å². The Morgan fingerprint density at radius 1 is 1.17 bits per heavy atom. The van der Waals surface area contributed by atoms with E-state index in [2.05, 4.69) is 10.3 Å². The number of carbonyl (C=O) groups excluding carboxylic acids is 1. The van der Waals surface area contributed by atoms with Crippen molar-refractivity contribution in [3.05, 3.63) is 42.1 Å². The van der Waals surface area contributed by atoms with Crippen molar-refractivity contribution >= 4 is 22.8 Å². The molecule has 0 bridgehead atoms. The van der Waals surface area contributed by atoms with Gasteiger partial charge in [-0.15, -0.1) is 0 Å². The van der Waals surface area contributed by atoms with E-state index in [9.17, 15) is 14.7 Å². The minimum Gasteiger partial charge on any atom is -0.480 e. The number of aromatic nitrogens is 1. The van der Waals surface area contributed by atoms with Crippen molar-refractivity contribution in [1.29, 1.82) is 0 Å². The highest BCUT2D eigenvalue weighted by Crippen LogP contribution is 2.27. The van der Waals surface area contributed by atoms with Crippen LogP contribution in [0.1, 0.15) is 37.8 Å². The zero-order chi connectivity index (χ0) is 16.9. The molecule has 1 amide bonds. The van der Waals surface area contributed by atoms with E-state index in [4.69, 9.17) is 0 Å². The maximum atomic E-state index is 12.1. The summed E-state index contributed by atoms with van der Waals surface area (Å²) in [6.07, 6.45) is 5.09. The molecule has 1 aromatic carbocycles. The Hall–Kier alpha value is -2.43. The minimum absolute atomic E-state index is 0.171. The van der Waals surface area contributed by atoms with Gasteiger partial charge in [0.2, 0.25) is 5.91 Å². The average molecular weight is 326 g/mol. The number of carboxylic acid groups (broad SMARTS) is 1. The van der Waals surface area contributed by atoms with Crippen molar-refractivity contribution in [2.24, 2.45) is 5.92 Å². The number of pyridine rings is 1. The van der Waals surface area contributed by atoms with Crippen LogP contribution in [0.15, 0.2) is 36.4 Å². The molecular formula is C19H22N2O3. The van der Waals surface area contributed by atoms with Crippen LogP contribution in [-0.4, -0.2) is 28.0 Å². The normalized spacial score (nSPS) is 16.2. The molecule has 1 heterocycles. The zero-order valence-electron chi connectivity index (χ0n) is 13.6. The van der Waals surface area contributed by atoms with Crippen LogP contribution in [0.4, 0.5) is 0 Å². The lowest BCUT2D eigenvalue weighted by molar-refractivity contribution is -0.141. The number of fused-ring (bicyclic) bond motifs is 1. The second kappa shape index (κ2) is 7.43. The lowest BCUT2D eigenvalue weighted by Crippen LogP contribution is -2.42. The Morgan fingerprint density at radius 2 is 1.92 bits per heavy atom. The summed E-state index contributed by atoms with van der Waals surface area (Å²) in [6.45, 7) is 0. The molecule has 0 aliphatic heterocycles. The SMILES string of the molecule is O=C(CC1CCCC1)N[C@H](Cc1ccc2ccccc2n1)C(=O)O. The van der Waals surface area contributed by atoms with E-state index in [-0.39, 0.29) is 12.3 Å². The molecule has 1 aromatic heterocycles. The van der Waals surface area contributed by atoms with Gasteiger partial charge in [-0.2, -0.15) is 0 Å². The number of carbonyl (C=O) groups is 2. The van der Waals surface area contributed by atoms with Gasteiger partial charge in [-0.25, -0.2) is 4.79 Å². The summed E-state index contributed by atoms with van der Waals surface area (Å²) in [5.74, 6) is -0.793. The highest BCUT2D eigenvalue weighted by molar-refractivity contribution is 5.84. The maximum absolute atomic E-state index is 12.1. The molecule has 24 heavy (non-hydrogen) atoms. The maximum Gasteiger partial charge on any atom is 0.326 e. The Labute approximate surface area is 141 Å². The summed E-state index contributed by atoms with van der Waals surface area (Å²) >= 11 is 0. The predicted octanol–water partition coefficient (Wildman–Crippen LogP) is 2.93. The van der Waals surface area contributed by atoms with E-state index in [0.717, 1.165) is 23.7 Å². The molecule has 0 unspecified atom stereocenters. The van der Waals surface area contributed by atoms with Crippen LogP contribution in [0.5, 0.6) is 0 Å². The molecule has 0 saturated heterocycles. The van der Waals surface area contributed by atoms with Crippen molar-refractivity contribution in [3.8, 4) is 0 Å². The number of amides is 1. The Morgan fingerprint density at radius 3 is 2.67 bits per heavy atom. The summed E-state index contributed by atoms with van der Waals surface area (Å²) in [5, 5.41) is 13.1. The van der Waals surface area contributed by atoms with Gasteiger partial charge in [-0.3, -0.25) is 9.78 Å². The number of nitrogens with one attached hydrogen (secondary N) is 1. The Balaban J connectivity index is 1.66. The summed E-state index contributed by atoms with van der Waals surface area (Å²) in [7, 11) is 0. The largest absolute Gasteiger partial charge is 0.480 e. The third-order valence-corrected chi connectivity index (χ3v) is 4.65. The number of carboxylic acids is 1. The van der Waals surface area contributed by atoms with Gasteiger partial charge in [0.05, 0.1) is 5.52 Å². The van der Waals surface area contributed by atoms with E-state index in [1.54, 1.807) is 0 Å². The quantitative estimate of drug-likeness (QED) is 0.855. The summed E-state index contributed by atoms with van der Waals surface area (Å²) < 4.78 is 0. The van der Waals surface area contributed by atoms with Crippen LogP contribution in [0, 0.1) is 5.92 Å². The first-order valence-corrected chi connectivity index (χ1v) is 8.48. The molecule has 1 saturated carbocycles. The Bertz CT molecular complexity index is 738. The Kier molecular flexibility index (Phi) is 5.08. The van der Waals surface area contributed by atoms with Gasteiger partial charge < -0.3 is 10.4 Å². The molecule has 126 valence electrons. The summed E-state index contributed by atoms with van der Waals surface area (Å²) in [5.41, 5.74) is 1.50. The topological polar surface area (TPSA) is 79.3 Å². The number of para-hydroxylation sites is 1. The number of hydrogen-bond acceptors (Lipinski definition) is 3. The number of aliphatic carboxylic acids is 1. The van der Waals surface area contributed by atoms with Crippen molar-refractivity contribution in [3.63, 3.8) is 0 Å². The second-order valence-electron chi connectivity index (χ2n) is 6.51. The second-order valence-corrected chi connectivity index (χ2v) is 6.51. The fourth-order valence-electron chi connectivity index (χ4n) is 3.36. The van der Waals surface area contributed by atoms with Crippen molar-refractivity contribution < 1.29 is 14.7 Å². The first kappa shape index (κ1) is 16.4. The van der Waals surface area contributed by atoms with Crippen molar-refractivity contribution in [2.45, 2.75) is 44.6 Å². The van der Waals surface area contributed by atoms with Crippen molar-refractivity contribution in [1.82, 2.24) is 10.3 Å². The minimum atomic E-state index is -1.02. The van der Waals surface area contributed by atoms with Crippen LogP contribution in [0.2, 0.25) is 0 Å². The molecular weight excluding hydrogens is 304 g/mol. The molecule has 2 N–H and O–H groups in total. The molecule has 1 fully saturated rings. The number of nitrogens with zero attached hydrogens (tertiary/aromatic N) is 1. The van der Waals surface area contributed by atoms with Crippen LogP contribution < -0.4 is 5.32 Å². The monoisotopic (exact) mass is 326 g/mol. The number of rotatable bonds is 6. The van der Waals surface area contributed by atoms with E-state index >= 15 is 0 Å². The van der Waals surface area contributed by atoms with Gasteiger partial charge in [0, 0.05) is 23.9 Å². The lowest BCUT2D eigenvalue weighted by Gasteiger charge is -2.16. The molecule has 2 aromatic rings. The first-order valence-electron chi connectivity index (χ1n) is 8.48. The zero-order valence-corrected chi connectivity index (χ0v) is 13.6. The molecule has 0 spiro atoms. The summed E-state index contributed by atoms with van der Waals surface area (Å²) in [4.78, 5) is 28.1. The van der Waals surface area contributed by atoms with Crippen LogP contribution in [0.3, 0.4) is 0 Å². The smallest absolute Gasteiger partial charge is 0.326 e. The molecule has 5 heteroatoms. The van der Waals surface area contributed by atoms with E-state index in [1.807, 2.05) is 36.4 Å². The molecule has 0 radical (unpaired) electrons. The number of benzene rings is 1. The van der Waals surface area contributed by atoms with E-state index in [0.29, 0.717) is 18.0 Å². The highest BCUT2D eigenvalue weighted by Gasteiger charge is 2.24. The number of hydrogen-bond donors (Lipinski definition) is 2. The molecule has 1 aliphatic rings. The highest BCUT2D eigenvalue weighted by atomic mass is 16.4. The van der Waals surface area contributed by atoms with Gasteiger partial charge >= 0.3 is 5.97 Å². The fraction of sp³-hybridized carbons (Fsp3) is 0.421. The first-order chi connectivity index (χ1) is 11.6. The van der Waals surface area contributed by atoms with Crippen molar-refractivity contribution in [2.75, 3.05) is 0 Å². The van der Waals surface area contributed by atoms with Crippen LogP contribution in [-0.2, 0) is 16.0 Å². The van der Waals surface area contributed by atoms with Gasteiger partial charge in [0.1, 0.15) is 6.04 Å².